The van der Waals surface area contributed by atoms with Crippen LogP contribution in [0.5, 0.6) is 0 Å². The van der Waals surface area contributed by atoms with Gasteiger partial charge in [-0.15, -0.1) is 5.10 Å². The van der Waals surface area contributed by atoms with E-state index in [0.717, 1.165) is 11.4 Å². The summed E-state index contributed by atoms with van der Waals surface area (Å²) in [5.41, 5.74) is 1.72. The van der Waals surface area contributed by atoms with Gasteiger partial charge in [-0.25, -0.2) is 9.50 Å². The van der Waals surface area contributed by atoms with Crippen LogP contribution < -0.4 is 5.32 Å². The molecule has 2 saturated heterocycles. The number of amides is 2. The van der Waals surface area contributed by atoms with E-state index < -0.39 is 0 Å². The van der Waals surface area contributed by atoms with Crippen molar-refractivity contribution >= 4 is 17.6 Å². The van der Waals surface area contributed by atoms with Gasteiger partial charge in [0.05, 0.1) is 5.92 Å². The molecule has 2 aliphatic heterocycles. The van der Waals surface area contributed by atoms with Crippen LogP contribution in [0.4, 0.5) is 0 Å². The molecule has 2 fully saturated rings. The average molecular weight is 300 g/mol. The smallest absolute Gasteiger partial charge is 0.293 e. The summed E-state index contributed by atoms with van der Waals surface area (Å²) in [7, 11) is 0. The Morgan fingerprint density at radius 3 is 2.91 bits per heavy atom. The molecular formula is C14H16N6O2. The minimum atomic E-state index is -0.232. The summed E-state index contributed by atoms with van der Waals surface area (Å²) >= 11 is 0. The van der Waals surface area contributed by atoms with Crippen molar-refractivity contribution in [1.29, 1.82) is 0 Å². The molecule has 114 valence electrons. The zero-order valence-electron chi connectivity index (χ0n) is 12.4. The quantitative estimate of drug-likeness (QED) is 0.770. The molecule has 0 radical (unpaired) electrons. The molecule has 22 heavy (non-hydrogen) atoms. The number of carbonyl (C=O) groups is 2. The van der Waals surface area contributed by atoms with Gasteiger partial charge in [0.15, 0.2) is 0 Å². The normalized spacial score (nSPS) is 23.9. The molecular weight excluding hydrogens is 284 g/mol. The van der Waals surface area contributed by atoms with E-state index in [4.69, 9.17) is 0 Å². The Kier molecular flexibility index (Phi) is 2.69. The lowest BCUT2D eigenvalue weighted by Gasteiger charge is -2.14. The third-order valence-electron chi connectivity index (χ3n) is 4.41. The molecule has 4 heterocycles. The average Bonchev–Trinajstić information content (AvgIpc) is 3.14. The molecule has 0 unspecified atom stereocenters. The predicted molar refractivity (Wildman–Crippen MR) is 76.1 cm³/mol. The van der Waals surface area contributed by atoms with E-state index in [1.807, 2.05) is 19.9 Å². The monoisotopic (exact) mass is 300 g/mol. The standard InChI is InChI=1S/C14H16N6O2/c1-7-3-8(2)20-14(16-7)17-11(18-20)13(22)19-5-9-4-15-12(21)10(9)6-19/h3,9-10H,4-6H2,1-2H3,(H,15,21)/t9-,10+/m0/s1. The van der Waals surface area contributed by atoms with Gasteiger partial charge in [0.1, 0.15) is 0 Å². The zero-order valence-corrected chi connectivity index (χ0v) is 12.4. The topological polar surface area (TPSA) is 92.5 Å². The summed E-state index contributed by atoms with van der Waals surface area (Å²) in [6.07, 6.45) is 0. The van der Waals surface area contributed by atoms with Gasteiger partial charge < -0.3 is 10.2 Å². The van der Waals surface area contributed by atoms with E-state index in [1.54, 1.807) is 9.42 Å². The van der Waals surface area contributed by atoms with Crippen molar-refractivity contribution in [2.24, 2.45) is 11.8 Å². The molecule has 0 saturated carbocycles. The van der Waals surface area contributed by atoms with Crippen LogP contribution in [0.2, 0.25) is 0 Å². The Hall–Kier alpha value is -2.51. The first-order valence-corrected chi connectivity index (χ1v) is 7.31. The van der Waals surface area contributed by atoms with E-state index in [9.17, 15) is 9.59 Å². The summed E-state index contributed by atoms with van der Waals surface area (Å²) in [5, 5.41) is 7.10. The lowest BCUT2D eigenvalue weighted by atomic mass is 10.0. The molecule has 2 atom stereocenters. The maximum Gasteiger partial charge on any atom is 0.293 e. The van der Waals surface area contributed by atoms with Gasteiger partial charge in [0.25, 0.3) is 11.7 Å². The van der Waals surface area contributed by atoms with E-state index in [-0.39, 0.29) is 29.5 Å². The van der Waals surface area contributed by atoms with Gasteiger partial charge in [-0.3, -0.25) is 9.59 Å². The van der Waals surface area contributed by atoms with Gasteiger partial charge in [0.2, 0.25) is 11.7 Å². The zero-order chi connectivity index (χ0) is 15.4. The number of aromatic nitrogens is 4. The second-order valence-corrected chi connectivity index (χ2v) is 6.01. The van der Waals surface area contributed by atoms with Crippen LogP contribution in [-0.2, 0) is 4.79 Å². The molecule has 2 aromatic heterocycles. The van der Waals surface area contributed by atoms with Crippen molar-refractivity contribution in [3.63, 3.8) is 0 Å². The fraction of sp³-hybridized carbons (Fsp3) is 0.500. The molecule has 2 aliphatic rings. The number of rotatable bonds is 1. The Morgan fingerprint density at radius 1 is 1.32 bits per heavy atom. The first-order valence-electron chi connectivity index (χ1n) is 7.31. The van der Waals surface area contributed by atoms with Gasteiger partial charge >= 0.3 is 0 Å². The lowest BCUT2D eigenvalue weighted by molar-refractivity contribution is -0.122. The third kappa shape index (κ3) is 1.87. The fourth-order valence-electron chi connectivity index (χ4n) is 3.30. The number of hydrogen-bond acceptors (Lipinski definition) is 5. The van der Waals surface area contributed by atoms with E-state index in [1.165, 1.54) is 0 Å². The summed E-state index contributed by atoms with van der Waals surface area (Å²) in [6.45, 7) is 5.43. The molecule has 0 aliphatic carbocycles. The first kappa shape index (κ1) is 13.2. The fourth-order valence-corrected chi connectivity index (χ4v) is 3.30. The van der Waals surface area contributed by atoms with Crippen LogP contribution in [0, 0.1) is 25.7 Å². The summed E-state index contributed by atoms with van der Waals surface area (Å²) in [5.74, 6) is 0.486. The number of carbonyl (C=O) groups excluding carboxylic acids is 2. The molecule has 0 aromatic carbocycles. The maximum absolute atomic E-state index is 12.6. The molecule has 0 bridgehead atoms. The van der Waals surface area contributed by atoms with Gasteiger partial charge in [-0.2, -0.15) is 4.98 Å². The van der Waals surface area contributed by atoms with Crippen LogP contribution in [0.3, 0.4) is 0 Å². The van der Waals surface area contributed by atoms with Crippen LogP contribution >= 0.6 is 0 Å². The van der Waals surface area contributed by atoms with Gasteiger partial charge in [-0.05, 0) is 19.9 Å². The minimum Gasteiger partial charge on any atom is -0.355 e. The molecule has 2 aromatic rings. The van der Waals surface area contributed by atoms with Crippen molar-refractivity contribution in [2.75, 3.05) is 19.6 Å². The summed E-state index contributed by atoms with van der Waals surface area (Å²) in [4.78, 5) is 34.5. The lowest BCUT2D eigenvalue weighted by Crippen LogP contribution is -2.34. The highest BCUT2D eigenvalue weighted by molar-refractivity contribution is 5.92. The molecule has 0 spiro atoms. The molecule has 1 N–H and O–H groups in total. The van der Waals surface area contributed by atoms with Crippen molar-refractivity contribution in [3.8, 4) is 0 Å². The third-order valence-corrected chi connectivity index (χ3v) is 4.41. The number of nitrogens with one attached hydrogen (secondary N) is 1. The van der Waals surface area contributed by atoms with Crippen molar-refractivity contribution in [1.82, 2.24) is 29.8 Å². The van der Waals surface area contributed by atoms with Gasteiger partial charge in [-0.1, -0.05) is 0 Å². The Labute approximate surface area is 126 Å². The largest absolute Gasteiger partial charge is 0.355 e. The van der Waals surface area contributed by atoms with Crippen LogP contribution in [0.15, 0.2) is 6.07 Å². The number of hydrogen-bond donors (Lipinski definition) is 1. The summed E-state index contributed by atoms with van der Waals surface area (Å²) in [6, 6.07) is 1.89. The molecule has 8 nitrogen and oxygen atoms in total. The minimum absolute atomic E-state index is 0.0383. The highest BCUT2D eigenvalue weighted by Crippen LogP contribution is 2.28. The molecule has 2 amide bonds. The SMILES string of the molecule is Cc1cc(C)n2nc(C(=O)N3C[C@@H]4CNC(=O)[C@@H]4C3)nc2n1. The highest BCUT2D eigenvalue weighted by Gasteiger charge is 2.44. The van der Waals surface area contributed by atoms with Gasteiger partial charge in [0, 0.05) is 36.9 Å². The second-order valence-electron chi connectivity index (χ2n) is 6.01. The maximum atomic E-state index is 12.6. The Morgan fingerprint density at radius 2 is 2.14 bits per heavy atom. The van der Waals surface area contributed by atoms with Crippen molar-refractivity contribution < 1.29 is 9.59 Å². The molecule has 8 heteroatoms. The molecule has 4 rings (SSSR count). The van der Waals surface area contributed by atoms with E-state index in [0.29, 0.717) is 25.4 Å². The number of likely N-dealkylation sites (tertiary alicyclic amines) is 1. The van der Waals surface area contributed by atoms with Crippen LogP contribution in [0.25, 0.3) is 5.78 Å². The van der Waals surface area contributed by atoms with Crippen LogP contribution in [-0.4, -0.2) is 55.9 Å². The van der Waals surface area contributed by atoms with Crippen LogP contribution in [0.1, 0.15) is 22.0 Å². The Balaban J connectivity index is 1.64. The highest BCUT2D eigenvalue weighted by atomic mass is 16.2. The second kappa shape index (κ2) is 4.49. The van der Waals surface area contributed by atoms with Crippen molar-refractivity contribution in [3.05, 3.63) is 23.3 Å². The summed E-state index contributed by atoms with van der Waals surface area (Å²) < 4.78 is 1.57. The van der Waals surface area contributed by atoms with E-state index >= 15 is 0 Å². The van der Waals surface area contributed by atoms with E-state index in [2.05, 4.69) is 20.4 Å². The Bertz CT molecular complexity index is 798. The first-order chi connectivity index (χ1) is 10.5. The number of nitrogens with zero attached hydrogens (tertiary/aromatic N) is 5. The number of aryl methyl sites for hydroxylation is 2. The predicted octanol–water partition coefficient (Wildman–Crippen LogP) is -0.441. The number of fused-ring (bicyclic) bond motifs is 2. The van der Waals surface area contributed by atoms with Crippen molar-refractivity contribution in [2.45, 2.75) is 13.8 Å².